The number of hydrogen-bond donors (Lipinski definition) is 1. The Labute approximate surface area is 151 Å². The molecule has 6 heteroatoms. The molecule has 1 aromatic carbocycles. The first-order valence-corrected chi connectivity index (χ1v) is 8.79. The van der Waals surface area contributed by atoms with Gasteiger partial charge < -0.3 is 10.2 Å². The summed E-state index contributed by atoms with van der Waals surface area (Å²) in [6.45, 7) is 1.70. The first kappa shape index (κ1) is 16.7. The van der Waals surface area contributed by atoms with E-state index in [0.717, 1.165) is 18.4 Å². The van der Waals surface area contributed by atoms with Crippen LogP contribution in [0.3, 0.4) is 0 Å². The minimum Gasteiger partial charge on any atom is -0.352 e. The fourth-order valence-corrected chi connectivity index (χ4v) is 3.83. The fraction of sp³-hybridized carbons (Fsp3) is 0.350. The number of carbonyl (C=O) groups is 2. The highest BCUT2D eigenvalue weighted by molar-refractivity contribution is 5.94. The molecular formula is C20H20FN3O2. The average Bonchev–Trinajstić information content (AvgIpc) is 3.20. The van der Waals surface area contributed by atoms with Gasteiger partial charge in [-0.1, -0.05) is 6.07 Å². The minimum atomic E-state index is -0.355. The van der Waals surface area contributed by atoms with E-state index in [2.05, 4.69) is 10.3 Å². The van der Waals surface area contributed by atoms with E-state index in [1.54, 1.807) is 17.3 Å². The van der Waals surface area contributed by atoms with Gasteiger partial charge in [-0.25, -0.2) is 4.39 Å². The van der Waals surface area contributed by atoms with Gasteiger partial charge >= 0.3 is 0 Å². The highest BCUT2D eigenvalue weighted by Gasteiger charge is 2.61. The molecule has 2 heterocycles. The summed E-state index contributed by atoms with van der Waals surface area (Å²) >= 11 is 0. The average molecular weight is 353 g/mol. The molecule has 2 amide bonds. The number of rotatable bonds is 4. The molecule has 5 nitrogen and oxygen atoms in total. The Kier molecular flexibility index (Phi) is 4.18. The Morgan fingerprint density at radius 1 is 1.27 bits per heavy atom. The van der Waals surface area contributed by atoms with Crippen molar-refractivity contribution in [3.63, 3.8) is 0 Å². The summed E-state index contributed by atoms with van der Waals surface area (Å²) in [6.07, 6.45) is 5.10. The van der Waals surface area contributed by atoms with Gasteiger partial charge in [-0.3, -0.25) is 14.6 Å². The molecule has 134 valence electrons. The van der Waals surface area contributed by atoms with Crippen LogP contribution in [0.2, 0.25) is 0 Å². The van der Waals surface area contributed by atoms with Gasteiger partial charge in [-0.15, -0.1) is 0 Å². The van der Waals surface area contributed by atoms with Crippen LogP contribution < -0.4 is 5.32 Å². The number of amides is 2. The monoisotopic (exact) mass is 353 g/mol. The molecule has 1 spiro atoms. The van der Waals surface area contributed by atoms with Crippen LogP contribution in [0.1, 0.15) is 28.8 Å². The van der Waals surface area contributed by atoms with E-state index in [1.165, 1.54) is 24.3 Å². The van der Waals surface area contributed by atoms with Crippen molar-refractivity contribution in [2.45, 2.75) is 19.4 Å². The third-order valence-corrected chi connectivity index (χ3v) is 5.46. The lowest BCUT2D eigenvalue weighted by Crippen LogP contribution is -2.31. The number of likely N-dealkylation sites (tertiary alicyclic amines) is 1. The lowest BCUT2D eigenvalue weighted by atomic mass is 10.0. The van der Waals surface area contributed by atoms with E-state index in [1.807, 2.05) is 12.1 Å². The maximum absolute atomic E-state index is 13.0. The molecule has 1 aliphatic carbocycles. The Morgan fingerprint density at radius 3 is 2.81 bits per heavy atom. The van der Waals surface area contributed by atoms with Crippen LogP contribution >= 0.6 is 0 Å². The number of carbonyl (C=O) groups excluding carboxylic acids is 2. The van der Waals surface area contributed by atoms with E-state index in [4.69, 9.17) is 0 Å². The summed E-state index contributed by atoms with van der Waals surface area (Å²) < 4.78 is 13.0. The fourth-order valence-electron chi connectivity index (χ4n) is 3.83. The number of aromatic nitrogens is 1. The van der Waals surface area contributed by atoms with Gasteiger partial charge in [0.1, 0.15) is 5.82 Å². The second kappa shape index (κ2) is 6.52. The predicted molar refractivity (Wildman–Crippen MR) is 93.5 cm³/mol. The zero-order valence-electron chi connectivity index (χ0n) is 14.3. The summed E-state index contributed by atoms with van der Waals surface area (Å²) in [7, 11) is 0. The molecule has 1 saturated carbocycles. The summed E-state index contributed by atoms with van der Waals surface area (Å²) in [5, 5.41) is 2.97. The van der Waals surface area contributed by atoms with Gasteiger partial charge in [0.05, 0.1) is 0 Å². The van der Waals surface area contributed by atoms with Crippen LogP contribution in [0, 0.1) is 17.2 Å². The SMILES string of the molecule is O=C(NCc1cccnc1)[C@@H]1C[C@]12CCN(C(=O)c1ccc(F)cc1)C2. The number of nitrogens with one attached hydrogen (secondary N) is 1. The molecule has 2 atom stereocenters. The predicted octanol–water partition coefficient (Wildman–Crippen LogP) is 2.39. The maximum atomic E-state index is 13.0. The van der Waals surface area contributed by atoms with Gasteiger partial charge in [0, 0.05) is 48.9 Å². The standard InChI is InChI=1S/C20H20FN3O2/c21-16-5-3-15(4-6-16)19(26)24-9-7-20(13-24)10-17(20)18(25)23-12-14-2-1-8-22-11-14/h1-6,8,11,17H,7,9-10,12-13H2,(H,23,25)/t17-,20-/m0/s1. The molecule has 2 aromatic rings. The molecule has 1 aliphatic heterocycles. The van der Waals surface area contributed by atoms with E-state index in [-0.39, 0.29) is 29.0 Å². The normalized spacial score (nSPS) is 23.9. The summed E-state index contributed by atoms with van der Waals surface area (Å²) in [4.78, 5) is 30.8. The van der Waals surface area contributed by atoms with Crippen molar-refractivity contribution in [2.24, 2.45) is 11.3 Å². The zero-order valence-corrected chi connectivity index (χ0v) is 14.3. The first-order chi connectivity index (χ1) is 12.6. The molecule has 0 radical (unpaired) electrons. The topological polar surface area (TPSA) is 62.3 Å². The summed E-state index contributed by atoms with van der Waals surface area (Å²) in [5.41, 5.74) is 1.37. The molecule has 0 bridgehead atoms. The van der Waals surface area contributed by atoms with Gasteiger partial charge in [0.25, 0.3) is 5.91 Å². The quantitative estimate of drug-likeness (QED) is 0.918. The third-order valence-electron chi connectivity index (χ3n) is 5.46. The number of hydrogen-bond acceptors (Lipinski definition) is 3. The Bertz CT molecular complexity index is 825. The first-order valence-electron chi connectivity index (χ1n) is 8.79. The highest BCUT2D eigenvalue weighted by Crippen LogP contribution is 2.58. The van der Waals surface area contributed by atoms with Crippen LogP contribution in [0.15, 0.2) is 48.8 Å². The summed E-state index contributed by atoms with van der Waals surface area (Å²) in [6, 6.07) is 9.38. The van der Waals surface area contributed by atoms with Crippen LogP contribution in [0.4, 0.5) is 4.39 Å². The van der Waals surface area contributed by atoms with Crippen molar-refractivity contribution in [3.05, 3.63) is 65.7 Å². The van der Waals surface area contributed by atoms with Crippen molar-refractivity contribution in [2.75, 3.05) is 13.1 Å². The molecule has 4 rings (SSSR count). The number of benzene rings is 1. The van der Waals surface area contributed by atoms with Crippen molar-refractivity contribution < 1.29 is 14.0 Å². The van der Waals surface area contributed by atoms with E-state index >= 15 is 0 Å². The zero-order chi connectivity index (χ0) is 18.1. The highest BCUT2D eigenvalue weighted by atomic mass is 19.1. The van der Waals surface area contributed by atoms with Crippen LogP contribution in [0.25, 0.3) is 0 Å². The molecule has 26 heavy (non-hydrogen) atoms. The van der Waals surface area contributed by atoms with E-state index < -0.39 is 0 Å². The summed E-state index contributed by atoms with van der Waals surface area (Å²) in [5.74, 6) is -0.439. The molecule has 1 saturated heterocycles. The maximum Gasteiger partial charge on any atom is 0.253 e. The number of pyridine rings is 1. The van der Waals surface area contributed by atoms with E-state index in [0.29, 0.717) is 25.2 Å². The molecule has 0 unspecified atom stereocenters. The third kappa shape index (κ3) is 3.19. The molecule has 2 aliphatic rings. The van der Waals surface area contributed by atoms with Crippen LogP contribution in [-0.4, -0.2) is 34.8 Å². The molecule has 1 N–H and O–H groups in total. The lowest BCUT2D eigenvalue weighted by Gasteiger charge is -2.17. The second-order valence-corrected chi connectivity index (χ2v) is 7.18. The van der Waals surface area contributed by atoms with Gasteiger partial charge in [0.2, 0.25) is 5.91 Å². The van der Waals surface area contributed by atoms with Crippen molar-refractivity contribution in [1.29, 1.82) is 0 Å². The second-order valence-electron chi connectivity index (χ2n) is 7.18. The van der Waals surface area contributed by atoms with Crippen LogP contribution in [-0.2, 0) is 11.3 Å². The Hall–Kier alpha value is -2.76. The largest absolute Gasteiger partial charge is 0.352 e. The van der Waals surface area contributed by atoms with Crippen molar-refractivity contribution in [1.82, 2.24) is 15.2 Å². The van der Waals surface area contributed by atoms with Crippen molar-refractivity contribution in [3.8, 4) is 0 Å². The van der Waals surface area contributed by atoms with E-state index in [9.17, 15) is 14.0 Å². The van der Waals surface area contributed by atoms with Gasteiger partial charge in [-0.2, -0.15) is 0 Å². The number of halogens is 1. The minimum absolute atomic E-state index is 0.0369. The smallest absolute Gasteiger partial charge is 0.253 e. The van der Waals surface area contributed by atoms with Gasteiger partial charge in [-0.05, 0) is 48.7 Å². The molecule has 2 fully saturated rings. The Morgan fingerprint density at radius 2 is 2.08 bits per heavy atom. The van der Waals surface area contributed by atoms with Gasteiger partial charge in [0.15, 0.2) is 0 Å². The Balaban J connectivity index is 1.33. The van der Waals surface area contributed by atoms with Crippen molar-refractivity contribution >= 4 is 11.8 Å². The molecule has 1 aromatic heterocycles. The molecular weight excluding hydrogens is 333 g/mol. The number of nitrogens with zero attached hydrogens (tertiary/aromatic N) is 2. The lowest BCUT2D eigenvalue weighted by molar-refractivity contribution is -0.123. The van der Waals surface area contributed by atoms with Crippen LogP contribution in [0.5, 0.6) is 0 Å².